The molecule has 3 heterocycles. The highest BCUT2D eigenvalue weighted by atomic mass is 35.5. The molecule has 0 aliphatic carbocycles. The quantitative estimate of drug-likeness (QED) is 0.776. The van der Waals surface area contributed by atoms with Crippen LogP contribution in [0.3, 0.4) is 0 Å². The van der Waals surface area contributed by atoms with Crippen molar-refractivity contribution in [2.45, 2.75) is 13.8 Å². The van der Waals surface area contributed by atoms with E-state index in [1.807, 2.05) is 49.6 Å². The highest BCUT2D eigenvalue weighted by Crippen LogP contribution is 2.29. The summed E-state index contributed by atoms with van der Waals surface area (Å²) in [6.45, 7) is 3.98. The van der Waals surface area contributed by atoms with Gasteiger partial charge in [0.05, 0.1) is 5.57 Å². The zero-order chi connectivity index (χ0) is 18.4. The summed E-state index contributed by atoms with van der Waals surface area (Å²) in [7, 11) is 0. The summed E-state index contributed by atoms with van der Waals surface area (Å²) in [5.74, 6) is -0.237. The maximum absolute atomic E-state index is 12.4. The van der Waals surface area contributed by atoms with E-state index in [0.717, 1.165) is 22.6 Å². The van der Waals surface area contributed by atoms with Crippen molar-refractivity contribution < 1.29 is 4.79 Å². The zero-order valence-electron chi connectivity index (χ0n) is 14.2. The average molecular weight is 383 g/mol. The van der Waals surface area contributed by atoms with Gasteiger partial charge in [-0.2, -0.15) is 4.99 Å². The molecule has 1 N–H and O–H groups in total. The Balaban J connectivity index is 1.79. The van der Waals surface area contributed by atoms with Crippen molar-refractivity contribution >= 4 is 46.3 Å². The van der Waals surface area contributed by atoms with Crippen molar-refractivity contribution in [3.8, 4) is 5.69 Å². The maximum Gasteiger partial charge on any atom is 0.283 e. The lowest BCUT2D eigenvalue weighted by Crippen LogP contribution is -2.35. The number of fused-ring (bicyclic) bond motifs is 1. The van der Waals surface area contributed by atoms with Crippen molar-refractivity contribution in [3.05, 3.63) is 69.5 Å². The molecule has 0 fully saturated rings. The van der Waals surface area contributed by atoms with Crippen LogP contribution >= 0.6 is 23.4 Å². The van der Waals surface area contributed by atoms with Gasteiger partial charge in [-0.15, -0.1) is 0 Å². The zero-order valence-corrected chi connectivity index (χ0v) is 15.7. The van der Waals surface area contributed by atoms with Gasteiger partial charge in [0.1, 0.15) is 5.84 Å². The van der Waals surface area contributed by atoms with Crippen LogP contribution in [-0.2, 0) is 4.79 Å². The van der Waals surface area contributed by atoms with E-state index in [-0.39, 0.29) is 17.3 Å². The highest BCUT2D eigenvalue weighted by molar-refractivity contribution is 8.16. The number of nitrogens with zero attached hydrogens (tertiary/aromatic N) is 3. The molecule has 1 aromatic heterocycles. The van der Waals surface area contributed by atoms with Crippen molar-refractivity contribution in [3.63, 3.8) is 0 Å². The molecule has 0 radical (unpaired) electrons. The Kier molecular flexibility index (Phi) is 4.09. The van der Waals surface area contributed by atoms with Crippen LogP contribution in [0.4, 0.5) is 0 Å². The number of rotatable bonds is 2. The molecular weight excluding hydrogens is 368 g/mol. The number of carbonyl (C=O) groups excluding carboxylic acids is 1. The number of aliphatic imine (C=N–C) groups is 1. The van der Waals surface area contributed by atoms with Crippen molar-refractivity contribution in [1.29, 1.82) is 5.41 Å². The lowest BCUT2D eigenvalue weighted by atomic mass is 10.1. The molecule has 4 rings (SSSR count). The molecule has 1 aromatic carbocycles. The Morgan fingerprint density at radius 3 is 2.85 bits per heavy atom. The second-order valence-electron chi connectivity index (χ2n) is 6.02. The van der Waals surface area contributed by atoms with Crippen LogP contribution < -0.4 is 0 Å². The van der Waals surface area contributed by atoms with Crippen LogP contribution in [0.5, 0.6) is 0 Å². The number of benzene rings is 1. The second-order valence-corrected chi connectivity index (χ2v) is 7.33. The molecule has 2 aliphatic rings. The smallest absolute Gasteiger partial charge is 0.283 e. The average Bonchev–Trinajstić information content (AvgIpc) is 3.16. The number of nitrogens with one attached hydrogen (secondary N) is 1. The molecule has 7 heteroatoms. The molecule has 5 nitrogen and oxygen atoms in total. The van der Waals surface area contributed by atoms with Gasteiger partial charge in [-0.3, -0.25) is 15.1 Å². The first-order valence-corrected chi connectivity index (χ1v) is 9.22. The largest absolute Gasteiger partial charge is 0.318 e. The minimum absolute atomic E-state index is 0.147. The first-order chi connectivity index (χ1) is 12.5. The molecule has 0 atom stereocenters. The summed E-state index contributed by atoms with van der Waals surface area (Å²) in [6.07, 6.45) is 3.49. The third kappa shape index (κ3) is 2.71. The van der Waals surface area contributed by atoms with Gasteiger partial charge in [-0.25, -0.2) is 0 Å². The van der Waals surface area contributed by atoms with E-state index in [4.69, 9.17) is 17.0 Å². The van der Waals surface area contributed by atoms with E-state index in [0.29, 0.717) is 10.2 Å². The molecule has 2 aliphatic heterocycles. The number of thioether (sulfide) groups is 1. The standard InChI is InChI=1S/C19H15ClN4OS/c1-11-8-13(12(2)24(11)15-5-3-4-14(20)10-15)9-16-17(21)23-6-7-26-19(23)22-18(16)25/h3-10,21H,1-2H3. The van der Waals surface area contributed by atoms with Crippen molar-refractivity contribution in [2.75, 3.05) is 0 Å². The topological polar surface area (TPSA) is 61.5 Å². The Morgan fingerprint density at radius 1 is 1.27 bits per heavy atom. The Labute approximate surface area is 160 Å². The predicted octanol–water partition coefficient (Wildman–Crippen LogP) is 4.52. The van der Waals surface area contributed by atoms with Crippen molar-refractivity contribution in [2.24, 2.45) is 4.99 Å². The molecule has 0 saturated heterocycles. The number of hydrogen-bond donors (Lipinski definition) is 1. The minimum Gasteiger partial charge on any atom is -0.318 e. The number of aryl methyl sites for hydroxylation is 1. The van der Waals surface area contributed by atoms with Gasteiger partial charge in [-0.05, 0) is 55.2 Å². The van der Waals surface area contributed by atoms with Gasteiger partial charge in [-0.1, -0.05) is 29.4 Å². The van der Waals surface area contributed by atoms with E-state index in [1.54, 1.807) is 17.2 Å². The monoisotopic (exact) mass is 382 g/mol. The van der Waals surface area contributed by atoms with Crippen LogP contribution in [0.2, 0.25) is 5.02 Å². The van der Waals surface area contributed by atoms with Gasteiger partial charge >= 0.3 is 0 Å². The van der Waals surface area contributed by atoms with E-state index in [1.165, 1.54) is 11.8 Å². The van der Waals surface area contributed by atoms with E-state index < -0.39 is 0 Å². The van der Waals surface area contributed by atoms with Crippen LogP contribution in [-0.4, -0.2) is 26.4 Å². The summed E-state index contributed by atoms with van der Waals surface area (Å²) in [5.41, 5.74) is 4.12. The van der Waals surface area contributed by atoms with Gasteiger partial charge in [0.15, 0.2) is 5.17 Å². The SMILES string of the molecule is Cc1cc(C=C2C(=N)N3C=CSC3=NC2=O)c(C)n1-c1cccc(Cl)c1. The Hall–Kier alpha value is -2.57. The fraction of sp³-hybridized carbons (Fsp3) is 0.105. The third-order valence-electron chi connectivity index (χ3n) is 4.35. The first kappa shape index (κ1) is 16.9. The highest BCUT2D eigenvalue weighted by Gasteiger charge is 2.31. The molecule has 0 saturated carbocycles. The van der Waals surface area contributed by atoms with E-state index in [2.05, 4.69) is 9.56 Å². The number of hydrogen-bond acceptors (Lipinski definition) is 3. The first-order valence-electron chi connectivity index (χ1n) is 7.97. The Morgan fingerprint density at radius 2 is 2.08 bits per heavy atom. The predicted molar refractivity (Wildman–Crippen MR) is 107 cm³/mol. The molecule has 0 spiro atoms. The lowest BCUT2D eigenvalue weighted by molar-refractivity contribution is -0.114. The number of amidine groups is 2. The summed E-state index contributed by atoms with van der Waals surface area (Å²) < 4.78 is 2.08. The van der Waals surface area contributed by atoms with Gasteiger partial charge in [0, 0.05) is 28.3 Å². The fourth-order valence-corrected chi connectivity index (χ4v) is 4.02. The number of amides is 1. The summed E-state index contributed by atoms with van der Waals surface area (Å²) in [6, 6.07) is 9.62. The van der Waals surface area contributed by atoms with E-state index in [9.17, 15) is 4.79 Å². The van der Waals surface area contributed by atoms with Gasteiger partial charge in [0.25, 0.3) is 5.91 Å². The maximum atomic E-state index is 12.4. The van der Waals surface area contributed by atoms with Gasteiger partial charge in [0.2, 0.25) is 0 Å². The van der Waals surface area contributed by atoms with Gasteiger partial charge < -0.3 is 4.57 Å². The minimum atomic E-state index is -0.384. The summed E-state index contributed by atoms with van der Waals surface area (Å²) >= 11 is 7.47. The van der Waals surface area contributed by atoms with Crippen LogP contribution in [0.1, 0.15) is 17.0 Å². The normalized spacial score (nSPS) is 17.9. The second kappa shape index (κ2) is 6.30. The fourth-order valence-electron chi connectivity index (χ4n) is 3.13. The number of carbonyl (C=O) groups is 1. The number of aromatic nitrogens is 1. The Bertz CT molecular complexity index is 1050. The molecule has 130 valence electrons. The van der Waals surface area contributed by atoms with Crippen LogP contribution in [0.25, 0.3) is 11.8 Å². The molecule has 1 amide bonds. The molecular formula is C19H15ClN4OS. The molecule has 0 bridgehead atoms. The van der Waals surface area contributed by atoms with E-state index >= 15 is 0 Å². The van der Waals surface area contributed by atoms with Crippen LogP contribution in [0, 0.1) is 19.3 Å². The molecule has 0 unspecified atom stereocenters. The summed E-state index contributed by atoms with van der Waals surface area (Å²) in [4.78, 5) is 18.1. The third-order valence-corrected chi connectivity index (χ3v) is 5.34. The molecule has 26 heavy (non-hydrogen) atoms. The summed E-state index contributed by atoms with van der Waals surface area (Å²) in [5, 5.41) is 11.4. The van der Waals surface area contributed by atoms with Crippen molar-refractivity contribution in [1.82, 2.24) is 9.47 Å². The van der Waals surface area contributed by atoms with Crippen LogP contribution in [0.15, 0.2) is 52.5 Å². The molecule has 2 aromatic rings. The lowest BCUT2D eigenvalue weighted by Gasteiger charge is -2.22. The number of halogens is 1.